The third-order valence-corrected chi connectivity index (χ3v) is 4.22. The van der Waals surface area contributed by atoms with Gasteiger partial charge in [0.15, 0.2) is 0 Å². The van der Waals surface area contributed by atoms with Crippen LogP contribution in [0.2, 0.25) is 4.34 Å². The molecule has 1 rings (SSSR count). The zero-order valence-corrected chi connectivity index (χ0v) is 12.3. The molecular formula is C12H20ClN3OS. The molecule has 4 nitrogen and oxygen atoms in total. The third-order valence-electron chi connectivity index (χ3n) is 2.92. The van der Waals surface area contributed by atoms with Crippen molar-refractivity contribution in [2.75, 3.05) is 13.1 Å². The molecule has 0 bridgehead atoms. The van der Waals surface area contributed by atoms with Crippen molar-refractivity contribution in [3.8, 4) is 0 Å². The Morgan fingerprint density at radius 2 is 2.17 bits per heavy atom. The molecule has 0 fully saturated rings. The molecule has 4 N–H and O–H groups in total. The van der Waals surface area contributed by atoms with Crippen molar-refractivity contribution in [2.24, 2.45) is 11.5 Å². The summed E-state index contributed by atoms with van der Waals surface area (Å²) in [5.74, 6) is -0.340. The van der Waals surface area contributed by atoms with Crippen LogP contribution >= 0.6 is 22.9 Å². The van der Waals surface area contributed by atoms with Crippen molar-refractivity contribution < 1.29 is 4.79 Å². The Hall–Kier alpha value is -0.620. The highest BCUT2D eigenvalue weighted by Gasteiger charge is 2.27. The highest BCUT2D eigenvalue weighted by molar-refractivity contribution is 7.16. The molecule has 0 spiro atoms. The summed E-state index contributed by atoms with van der Waals surface area (Å²) >= 11 is 7.48. The molecule has 0 aliphatic carbocycles. The van der Waals surface area contributed by atoms with E-state index in [1.54, 1.807) is 0 Å². The van der Waals surface area contributed by atoms with Crippen LogP contribution in [0.4, 0.5) is 0 Å². The van der Waals surface area contributed by atoms with E-state index >= 15 is 0 Å². The fraction of sp³-hybridized carbons (Fsp3) is 0.583. The lowest BCUT2D eigenvalue weighted by atomic mass is 10.0. The Balaban J connectivity index is 2.99. The van der Waals surface area contributed by atoms with Crippen molar-refractivity contribution in [3.63, 3.8) is 0 Å². The molecule has 0 aromatic carbocycles. The molecule has 1 aromatic rings. The van der Waals surface area contributed by atoms with E-state index < -0.39 is 0 Å². The lowest BCUT2D eigenvalue weighted by molar-refractivity contribution is -0.119. The molecule has 102 valence electrons. The van der Waals surface area contributed by atoms with Gasteiger partial charge in [-0.15, -0.1) is 11.3 Å². The number of halogens is 1. The number of amides is 1. The smallest absolute Gasteiger partial charge is 0.231 e. The Kier molecular flexibility index (Phi) is 6.08. The van der Waals surface area contributed by atoms with E-state index in [4.69, 9.17) is 23.1 Å². The van der Waals surface area contributed by atoms with E-state index in [2.05, 4.69) is 0 Å². The number of likely N-dealkylation sites (N-methyl/N-ethyl adjacent to an activating group) is 1. The summed E-state index contributed by atoms with van der Waals surface area (Å²) in [6, 6.07) is 3.77. The molecule has 0 saturated heterocycles. The maximum atomic E-state index is 11.1. The molecule has 0 radical (unpaired) electrons. The van der Waals surface area contributed by atoms with Crippen LogP contribution in [0.5, 0.6) is 0 Å². The SMILES string of the molecule is CCC(N)C(c1ccc(Cl)s1)N(CC)CC(N)=O. The van der Waals surface area contributed by atoms with Crippen molar-refractivity contribution >= 4 is 28.8 Å². The molecule has 18 heavy (non-hydrogen) atoms. The van der Waals surface area contributed by atoms with E-state index in [1.165, 1.54) is 11.3 Å². The number of nitrogens with two attached hydrogens (primary N) is 2. The van der Waals surface area contributed by atoms with E-state index in [0.717, 1.165) is 22.2 Å². The molecule has 2 atom stereocenters. The van der Waals surface area contributed by atoms with E-state index in [9.17, 15) is 4.79 Å². The number of thiophene rings is 1. The van der Waals surface area contributed by atoms with Gasteiger partial charge in [-0.2, -0.15) is 0 Å². The van der Waals surface area contributed by atoms with E-state index in [-0.39, 0.29) is 24.5 Å². The summed E-state index contributed by atoms with van der Waals surface area (Å²) < 4.78 is 0.730. The Labute approximate surface area is 117 Å². The summed E-state index contributed by atoms with van der Waals surface area (Å²) in [5.41, 5.74) is 11.5. The first-order valence-corrected chi connectivity index (χ1v) is 7.22. The number of hydrogen-bond donors (Lipinski definition) is 2. The second kappa shape index (κ2) is 7.09. The van der Waals surface area contributed by atoms with Gasteiger partial charge in [-0.25, -0.2) is 0 Å². The van der Waals surface area contributed by atoms with Gasteiger partial charge in [-0.3, -0.25) is 9.69 Å². The van der Waals surface area contributed by atoms with Crippen LogP contribution in [0.1, 0.15) is 31.2 Å². The second-order valence-corrected chi connectivity index (χ2v) is 5.93. The number of carbonyl (C=O) groups is 1. The van der Waals surface area contributed by atoms with Crippen molar-refractivity contribution in [1.29, 1.82) is 0 Å². The zero-order valence-electron chi connectivity index (χ0n) is 10.7. The van der Waals surface area contributed by atoms with Crippen molar-refractivity contribution in [2.45, 2.75) is 32.4 Å². The maximum absolute atomic E-state index is 11.1. The number of hydrogen-bond acceptors (Lipinski definition) is 4. The van der Waals surface area contributed by atoms with Crippen LogP contribution in [0, 0.1) is 0 Å². The van der Waals surface area contributed by atoms with Gasteiger partial charge in [0.2, 0.25) is 5.91 Å². The zero-order chi connectivity index (χ0) is 13.7. The van der Waals surface area contributed by atoms with Crippen LogP contribution in [0.25, 0.3) is 0 Å². The van der Waals surface area contributed by atoms with Gasteiger partial charge in [-0.1, -0.05) is 25.4 Å². The van der Waals surface area contributed by atoms with Crippen LogP contribution in [0.3, 0.4) is 0 Å². The number of carbonyl (C=O) groups excluding carboxylic acids is 1. The van der Waals surface area contributed by atoms with Crippen molar-refractivity contribution in [1.82, 2.24) is 4.90 Å². The molecule has 1 aromatic heterocycles. The molecule has 0 aliphatic rings. The first-order chi connectivity index (χ1) is 8.49. The standard InChI is InChI=1S/C12H20ClN3OS/c1-3-8(14)12(9-5-6-10(13)18-9)16(4-2)7-11(15)17/h5-6,8,12H,3-4,7,14H2,1-2H3,(H2,15,17). The predicted molar refractivity (Wildman–Crippen MR) is 76.8 cm³/mol. The molecular weight excluding hydrogens is 270 g/mol. The molecule has 0 aliphatic heterocycles. The van der Waals surface area contributed by atoms with Gasteiger partial charge in [0.25, 0.3) is 0 Å². The third kappa shape index (κ3) is 3.95. The average molecular weight is 290 g/mol. The number of primary amides is 1. The molecule has 1 heterocycles. The van der Waals surface area contributed by atoms with Gasteiger partial charge in [0, 0.05) is 10.9 Å². The van der Waals surface area contributed by atoms with Gasteiger partial charge >= 0.3 is 0 Å². The minimum absolute atomic E-state index is 0.00926. The highest BCUT2D eigenvalue weighted by atomic mass is 35.5. The van der Waals surface area contributed by atoms with Gasteiger partial charge in [0.05, 0.1) is 16.9 Å². The van der Waals surface area contributed by atoms with Gasteiger partial charge in [-0.05, 0) is 25.1 Å². The quantitative estimate of drug-likeness (QED) is 0.806. The second-order valence-electron chi connectivity index (χ2n) is 4.19. The van der Waals surface area contributed by atoms with Crippen LogP contribution in [0.15, 0.2) is 12.1 Å². The lowest BCUT2D eigenvalue weighted by Gasteiger charge is -2.33. The monoisotopic (exact) mass is 289 g/mol. The Bertz CT molecular complexity index is 396. The van der Waals surface area contributed by atoms with Gasteiger partial charge in [0.1, 0.15) is 0 Å². The van der Waals surface area contributed by atoms with Gasteiger partial charge < -0.3 is 11.5 Å². The predicted octanol–water partition coefficient (Wildman–Crippen LogP) is 1.99. The number of rotatable bonds is 7. The summed E-state index contributed by atoms with van der Waals surface area (Å²) in [7, 11) is 0. The van der Waals surface area contributed by atoms with E-state index in [0.29, 0.717) is 0 Å². The summed E-state index contributed by atoms with van der Waals surface area (Å²) in [6.07, 6.45) is 0.829. The van der Waals surface area contributed by atoms with Crippen LogP contribution in [-0.2, 0) is 4.79 Å². The number of nitrogens with zero attached hydrogens (tertiary/aromatic N) is 1. The minimum atomic E-state index is -0.340. The first kappa shape index (κ1) is 15.4. The fourth-order valence-corrected chi connectivity index (χ4v) is 3.25. The lowest BCUT2D eigenvalue weighted by Crippen LogP contribution is -2.44. The Morgan fingerprint density at radius 3 is 2.56 bits per heavy atom. The molecule has 1 amide bonds. The molecule has 0 saturated carbocycles. The highest BCUT2D eigenvalue weighted by Crippen LogP contribution is 2.32. The first-order valence-electron chi connectivity index (χ1n) is 6.02. The van der Waals surface area contributed by atoms with Crippen LogP contribution in [-0.4, -0.2) is 29.9 Å². The molecule has 2 unspecified atom stereocenters. The largest absolute Gasteiger partial charge is 0.369 e. The molecule has 6 heteroatoms. The topological polar surface area (TPSA) is 72.3 Å². The summed E-state index contributed by atoms with van der Waals surface area (Å²) in [4.78, 5) is 14.2. The summed E-state index contributed by atoms with van der Waals surface area (Å²) in [6.45, 7) is 4.96. The Morgan fingerprint density at radius 1 is 1.50 bits per heavy atom. The summed E-state index contributed by atoms with van der Waals surface area (Å²) in [5, 5.41) is 0. The minimum Gasteiger partial charge on any atom is -0.369 e. The van der Waals surface area contributed by atoms with E-state index in [1.807, 2.05) is 30.9 Å². The normalized spacial score (nSPS) is 14.7. The maximum Gasteiger partial charge on any atom is 0.231 e. The van der Waals surface area contributed by atoms with Crippen LogP contribution < -0.4 is 11.5 Å². The van der Waals surface area contributed by atoms with Crippen molar-refractivity contribution in [3.05, 3.63) is 21.3 Å². The fourth-order valence-electron chi connectivity index (χ4n) is 1.98. The average Bonchev–Trinajstić information content (AvgIpc) is 2.73.